The Labute approximate surface area is 85.4 Å². The Balaban J connectivity index is 2.59. The van der Waals surface area contributed by atoms with Crippen molar-refractivity contribution in [2.45, 2.75) is 6.92 Å². The van der Waals surface area contributed by atoms with Gasteiger partial charge in [0.1, 0.15) is 0 Å². The first-order valence-electron chi connectivity index (χ1n) is 3.78. The average Bonchev–Trinajstić information content (AvgIpc) is 2.53. The van der Waals surface area contributed by atoms with Gasteiger partial charge >= 0.3 is 84.9 Å². The number of nitrogens with zero attached hydrogens (tertiary/aromatic N) is 2. The molecule has 0 aliphatic heterocycles. The van der Waals surface area contributed by atoms with Crippen LogP contribution in [0, 0.1) is 10.1 Å². The van der Waals surface area contributed by atoms with Gasteiger partial charge in [-0.25, -0.2) is 0 Å². The maximum absolute atomic E-state index is 11.0. The summed E-state index contributed by atoms with van der Waals surface area (Å²) in [6.45, 7) is 2.28. The molecule has 0 bridgehead atoms. The summed E-state index contributed by atoms with van der Waals surface area (Å²) < 4.78 is 0.402. The summed E-state index contributed by atoms with van der Waals surface area (Å²) in [6, 6.07) is -0.383. The molecular weight excluding hydrogens is 255 g/mol. The summed E-state index contributed by atoms with van der Waals surface area (Å²) in [5.41, 5.74) is 0. The molecule has 2 amide bonds. The molecule has 0 saturated carbocycles. The predicted molar refractivity (Wildman–Crippen MR) is 50.5 cm³/mol. The summed E-state index contributed by atoms with van der Waals surface area (Å²) in [6.07, 6.45) is 1.17. The molecule has 0 radical (unpaired) electrons. The van der Waals surface area contributed by atoms with Gasteiger partial charge in [0.2, 0.25) is 0 Å². The normalized spacial score (nSPS) is 9.50. The van der Waals surface area contributed by atoms with Crippen LogP contribution >= 0.6 is 0 Å². The van der Waals surface area contributed by atoms with E-state index < -0.39 is 19.4 Å². The summed E-state index contributed by atoms with van der Waals surface area (Å²) in [5.74, 6) is 0. The van der Waals surface area contributed by atoms with Crippen molar-refractivity contribution in [2.24, 2.45) is 0 Å². The number of carbonyl (C=O) groups is 1. The molecule has 0 aliphatic carbocycles. The van der Waals surface area contributed by atoms with E-state index in [1.807, 2.05) is 0 Å². The molecule has 1 heterocycles. The minimum atomic E-state index is -0.505. The van der Waals surface area contributed by atoms with Crippen LogP contribution in [0.3, 0.4) is 0 Å². The summed E-state index contributed by atoms with van der Waals surface area (Å²) in [4.78, 5) is 24.5. The Kier molecular flexibility index (Phi) is 3.61. The molecule has 14 heavy (non-hydrogen) atoms. The number of hydrogen-bond acceptors (Lipinski definition) is 4. The number of urea groups is 1. The molecule has 1 aromatic heterocycles. The number of nitro groups is 1. The number of rotatable bonds is 3. The molecule has 8 heteroatoms. The van der Waals surface area contributed by atoms with Crippen molar-refractivity contribution in [2.75, 3.05) is 11.9 Å². The van der Waals surface area contributed by atoms with Crippen LogP contribution in [0.1, 0.15) is 6.92 Å². The Bertz CT molecular complexity index is 351. The van der Waals surface area contributed by atoms with Crippen molar-refractivity contribution in [3.05, 3.63) is 16.3 Å². The minimum absolute atomic E-state index is 0.0456. The number of carbonyl (C=O) groups excluding carboxylic acids is 1. The Hall–Kier alpha value is -1.40. The topological polar surface area (TPSA) is 97.2 Å². The standard InChI is InChI=1S/C6H8N4O3Se/c1-2-7-5(11)9-6-8-3-4(14-6)10(12)13/h3H,2H2,1H3,(H2,7,8,9,11). The molecule has 0 fully saturated rings. The molecule has 0 aromatic carbocycles. The SMILES string of the molecule is CCNC(=O)Nc1ncc([N+](=O)[O-])[se]1. The van der Waals surface area contributed by atoms with Crippen LogP contribution in [0.25, 0.3) is 0 Å². The van der Waals surface area contributed by atoms with Crippen LogP contribution < -0.4 is 10.6 Å². The maximum atomic E-state index is 11.0. The van der Waals surface area contributed by atoms with E-state index in [2.05, 4.69) is 15.6 Å². The second kappa shape index (κ2) is 4.73. The molecule has 2 N–H and O–H groups in total. The molecule has 76 valence electrons. The second-order valence-electron chi connectivity index (χ2n) is 2.25. The van der Waals surface area contributed by atoms with E-state index in [0.29, 0.717) is 11.2 Å². The zero-order chi connectivity index (χ0) is 10.6. The number of anilines is 1. The number of hydrogen-bond donors (Lipinski definition) is 2. The van der Waals surface area contributed by atoms with E-state index in [-0.39, 0.29) is 10.6 Å². The van der Waals surface area contributed by atoms with Crippen LogP contribution in [0.2, 0.25) is 0 Å². The van der Waals surface area contributed by atoms with Crippen molar-refractivity contribution in [3.8, 4) is 0 Å². The fraction of sp³-hybridized carbons (Fsp3) is 0.333. The molecule has 1 rings (SSSR count). The van der Waals surface area contributed by atoms with E-state index in [1.54, 1.807) is 6.92 Å². The molecule has 0 atom stereocenters. The van der Waals surface area contributed by atoms with Gasteiger partial charge in [-0.2, -0.15) is 0 Å². The third-order valence-corrected chi connectivity index (χ3v) is 3.04. The van der Waals surface area contributed by atoms with E-state index >= 15 is 0 Å². The second-order valence-corrected chi connectivity index (χ2v) is 4.36. The Morgan fingerprint density at radius 3 is 3.00 bits per heavy atom. The van der Waals surface area contributed by atoms with E-state index in [1.165, 1.54) is 6.20 Å². The summed E-state index contributed by atoms with van der Waals surface area (Å²) in [7, 11) is 0. The van der Waals surface area contributed by atoms with E-state index in [4.69, 9.17) is 0 Å². The molecular formula is C6H8N4O3Se. The first-order valence-corrected chi connectivity index (χ1v) is 5.50. The van der Waals surface area contributed by atoms with Gasteiger partial charge in [0.05, 0.1) is 0 Å². The Morgan fingerprint density at radius 1 is 1.79 bits per heavy atom. The van der Waals surface area contributed by atoms with E-state index in [0.717, 1.165) is 0 Å². The third-order valence-electron chi connectivity index (χ3n) is 1.23. The first-order chi connectivity index (χ1) is 6.63. The quantitative estimate of drug-likeness (QED) is 0.462. The van der Waals surface area contributed by atoms with Gasteiger partial charge in [-0.05, 0) is 0 Å². The predicted octanol–water partition coefficient (Wildman–Crippen LogP) is 0.188. The average molecular weight is 263 g/mol. The molecule has 7 nitrogen and oxygen atoms in total. The van der Waals surface area contributed by atoms with Gasteiger partial charge < -0.3 is 0 Å². The first kappa shape index (κ1) is 10.7. The van der Waals surface area contributed by atoms with Gasteiger partial charge in [0.15, 0.2) is 0 Å². The van der Waals surface area contributed by atoms with Crippen molar-refractivity contribution in [1.82, 2.24) is 10.3 Å². The number of aromatic nitrogens is 1. The summed E-state index contributed by atoms with van der Waals surface area (Å²) in [5, 5.41) is 15.2. The zero-order valence-electron chi connectivity index (χ0n) is 7.31. The van der Waals surface area contributed by atoms with Crippen molar-refractivity contribution in [3.63, 3.8) is 0 Å². The van der Waals surface area contributed by atoms with Crippen LogP contribution in [-0.4, -0.2) is 37.0 Å². The molecule has 0 saturated heterocycles. The zero-order valence-corrected chi connectivity index (χ0v) is 9.02. The summed E-state index contributed by atoms with van der Waals surface area (Å²) >= 11 is -0.505. The van der Waals surface area contributed by atoms with E-state index in [9.17, 15) is 14.9 Å². The fourth-order valence-corrected chi connectivity index (χ4v) is 2.03. The van der Waals surface area contributed by atoms with Crippen LogP contribution in [-0.2, 0) is 0 Å². The number of amides is 2. The third kappa shape index (κ3) is 2.82. The van der Waals surface area contributed by atoms with Gasteiger partial charge in [-0.15, -0.1) is 0 Å². The molecule has 0 unspecified atom stereocenters. The van der Waals surface area contributed by atoms with Gasteiger partial charge in [0.25, 0.3) is 0 Å². The van der Waals surface area contributed by atoms with Crippen molar-refractivity contribution in [1.29, 1.82) is 0 Å². The van der Waals surface area contributed by atoms with Gasteiger partial charge in [-0.1, -0.05) is 0 Å². The molecule has 0 aliphatic rings. The van der Waals surface area contributed by atoms with Crippen molar-refractivity contribution >= 4 is 29.8 Å². The van der Waals surface area contributed by atoms with Gasteiger partial charge in [-0.3, -0.25) is 0 Å². The molecule has 1 aromatic rings. The number of nitrogens with one attached hydrogen (secondary N) is 2. The van der Waals surface area contributed by atoms with Crippen molar-refractivity contribution < 1.29 is 9.72 Å². The molecule has 0 spiro atoms. The van der Waals surface area contributed by atoms with Crippen LogP contribution in [0.4, 0.5) is 14.0 Å². The Morgan fingerprint density at radius 2 is 2.50 bits per heavy atom. The van der Waals surface area contributed by atoms with Gasteiger partial charge in [0, 0.05) is 0 Å². The van der Waals surface area contributed by atoms with Crippen LogP contribution in [0.15, 0.2) is 6.20 Å². The monoisotopic (exact) mass is 264 g/mol. The fourth-order valence-electron chi connectivity index (χ4n) is 0.710. The van der Waals surface area contributed by atoms with Crippen LogP contribution in [0.5, 0.6) is 0 Å².